The lowest BCUT2D eigenvalue weighted by molar-refractivity contribution is 0.0639. The van der Waals surface area contributed by atoms with E-state index in [0.717, 1.165) is 38.4 Å². The van der Waals surface area contributed by atoms with Crippen molar-refractivity contribution in [2.45, 2.75) is 32.7 Å². The lowest BCUT2D eigenvalue weighted by Gasteiger charge is -2.36. The Morgan fingerprint density at radius 2 is 1.66 bits per heavy atom. The van der Waals surface area contributed by atoms with E-state index in [4.69, 9.17) is 4.74 Å². The van der Waals surface area contributed by atoms with E-state index in [1.54, 1.807) is 13.2 Å². The van der Waals surface area contributed by atoms with Crippen molar-refractivity contribution >= 4 is 17.5 Å². The van der Waals surface area contributed by atoms with Crippen molar-refractivity contribution in [3.8, 4) is 0 Å². The van der Waals surface area contributed by atoms with Gasteiger partial charge in [-0.2, -0.15) is 0 Å². The molecule has 0 unspecified atom stereocenters. The third-order valence-electron chi connectivity index (χ3n) is 6.47. The van der Waals surface area contributed by atoms with Gasteiger partial charge in [0.25, 0.3) is 11.8 Å². The van der Waals surface area contributed by atoms with Gasteiger partial charge < -0.3 is 9.64 Å². The first-order chi connectivity index (χ1) is 15.5. The molecule has 170 valence electrons. The summed E-state index contributed by atoms with van der Waals surface area (Å²) in [6, 6.07) is 14.5. The average Bonchev–Trinajstić information content (AvgIpc) is 3.05. The molecule has 2 aromatic rings. The van der Waals surface area contributed by atoms with E-state index < -0.39 is 0 Å². The topological polar surface area (TPSA) is 53.1 Å². The van der Waals surface area contributed by atoms with Crippen LogP contribution in [0.1, 0.15) is 58.0 Å². The van der Waals surface area contributed by atoms with Crippen LogP contribution in [-0.4, -0.2) is 68.1 Å². The van der Waals surface area contributed by atoms with Crippen LogP contribution in [0.3, 0.4) is 0 Å². The number of hydrogen-bond donors (Lipinski definition) is 0. The standard InChI is InChI=1S/C26H33N3O3/c1-19(2)21-10-8-20(9-11-21)18-27-13-15-28(16-14-27)23-7-4-6-22-24(23)26(31)29(25(22)30)12-5-17-32-3/h4,6-11,19H,5,12-18H2,1-3H3. The van der Waals surface area contributed by atoms with E-state index >= 15 is 0 Å². The molecule has 2 heterocycles. The van der Waals surface area contributed by atoms with E-state index in [1.807, 2.05) is 12.1 Å². The van der Waals surface area contributed by atoms with Crippen LogP contribution in [0.15, 0.2) is 42.5 Å². The fraction of sp³-hybridized carbons (Fsp3) is 0.462. The van der Waals surface area contributed by atoms with Crippen LogP contribution in [0.4, 0.5) is 5.69 Å². The number of anilines is 1. The van der Waals surface area contributed by atoms with Crippen LogP contribution in [0.25, 0.3) is 0 Å². The van der Waals surface area contributed by atoms with Gasteiger partial charge in [0.15, 0.2) is 0 Å². The summed E-state index contributed by atoms with van der Waals surface area (Å²) in [5, 5.41) is 0. The second-order valence-corrected chi connectivity index (χ2v) is 8.97. The Morgan fingerprint density at radius 3 is 2.31 bits per heavy atom. The van der Waals surface area contributed by atoms with Crippen molar-refractivity contribution in [1.29, 1.82) is 0 Å². The number of carbonyl (C=O) groups excluding carboxylic acids is 2. The molecule has 1 fully saturated rings. The van der Waals surface area contributed by atoms with Crippen LogP contribution < -0.4 is 4.90 Å². The lowest BCUT2D eigenvalue weighted by atomic mass is 10.0. The molecule has 2 amide bonds. The molecule has 0 saturated carbocycles. The van der Waals surface area contributed by atoms with Crippen LogP contribution in [-0.2, 0) is 11.3 Å². The molecule has 0 aromatic heterocycles. The maximum Gasteiger partial charge on any atom is 0.263 e. The number of piperazine rings is 1. The van der Waals surface area contributed by atoms with Crippen LogP contribution >= 0.6 is 0 Å². The SMILES string of the molecule is COCCCN1C(=O)c2cccc(N3CCN(Cc4ccc(C(C)C)cc4)CC3)c2C1=O. The van der Waals surface area contributed by atoms with E-state index in [1.165, 1.54) is 16.0 Å². The van der Waals surface area contributed by atoms with Gasteiger partial charge in [-0.3, -0.25) is 19.4 Å². The molecule has 1 saturated heterocycles. The Bertz CT molecular complexity index is 963. The number of imide groups is 1. The van der Waals surface area contributed by atoms with E-state index in [2.05, 4.69) is 47.9 Å². The Hall–Kier alpha value is -2.70. The van der Waals surface area contributed by atoms with E-state index in [-0.39, 0.29) is 11.8 Å². The van der Waals surface area contributed by atoms with Crippen LogP contribution in [0.2, 0.25) is 0 Å². The number of ether oxygens (including phenoxy) is 1. The van der Waals surface area contributed by atoms with Crippen LogP contribution in [0, 0.1) is 0 Å². The maximum atomic E-state index is 13.1. The third kappa shape index (κ3) is 4.57. The first kappa shape index (κ1) is 22.5. The van der Waals surface area contributed by atoms with Gasteiger partial charge in [0.1, 0.15) is 0 Å². The minimum atomic E-state index is -0.188. The zero-order chi connectivity index (χ0) is 22.7. The number of benzene rings is 2. The fourth-order valence-electron chi connectivity index (χ4n) is 4.56. The summed E-state index contributed by atoms with van der Waals surface area (Å²) in [6.07, 6.45) is 0.647. The molecule has 0 bridgehead atoms. The van der Waals surface area contributed by atoms with Crippen molar-refractivity contribution in [3.63, 3.8) is 0 Å². The summed E-state index contributed by atoms with van der Waals surface area (Å²) >= 11 is 0. The monoisotopic (exact) mass is 435 g/mol. The second-order valence-electron chi connectivity index (χ2n) is 8.97. The first-order valence-corrected chi connectivity index (χ1v) is 11.5. The zero-order valence-corrected chi connectivity index (χ0v) is 19.3. The summed E-state index contributed by atoms with van der Waals surface area (Å²) < 4.78 is 5.07. The van der Waals surface area contributed by atoms with Crippen molar-refractivity contribution in [3.05, 3.63) is 64.7 Å². The summed E-state index contributed by atoms with van der Waals surface area (Å²) in [4.78, 5) is 31.9. The minimum Gasteiger partial charge on any atom is -0.385 e. The molecule has 32 heavy (non-hydrogen) atoms. The molecule has 6 heteroatoms. The molecule has 0 spiro atoms. The van der Waals surface area contributed by atoms with Gasteiger partial charge in [0.2, 0.25) is 0 Å². The average molecular weight is 436 g/mol. The number of hydrogen-bond acceptors (Lipinski definition) is 5. The second kappa shape index (κ2) is 9.84. The first-order valence-electron chi connectivity index (χ1n) is 11.5. The van der Waals surface area contributed by atoms with Gasteiger partial charge in [-0.1, -0.05) is 44.2 Å². The number of nitrogens with zero attached hydrogens (tertiary/aromatic N) is 3. The fourth-order valence-corrected chi connectivity index (χ4v) is 4.56. The molecule has 4 rings (SSSR count). The molecule has 0 radical (unpaired) electrons. The Kier molecular flexibility index (Phi) is 6.92. The summed E-state index contributed by atoms with van der Waals surface area (Å²) in [5.41, 5.74) is 4.67. The van der Waals surface area contributed by atoms with Gasteiger partial charge >= 0.3 is 0 Å². The normalized spacial score (nSPS) is 16.9. The molecule has 0 atom stereocenters. The summed E-state index contributed by atoms with van der Waals surface area (Å²) in [6.45, 7) is 9.81. The lowest BCUT2D eigenvalue weighted by Crippen LogP contribution is -2.46. The van der Waals surface area contributed by atoms with Gasteiger partial charge in [0, 0.05) is 53.0 Å². The van der Waals surface area contributed by atoms with Gasteiger partial charge in [-0.15, -0.1) is 0 Å². The van der Waals surface area contributed by atoms with Gasteiger partial charge in [0.05, 0.1) is 16.8 Å². The Morgan fingerprint density at radius 1 is 0.938 bits per heavy atom. The zero-order valence-electron chi connectivity index (χ0n) is 19.3. The molecule has 0 N–H and O–H groups in total. The largest absolute Gasteiger partial charge is 0.385 e. The smallest absolute Gasteiger partial charge is 0.263 e. The highest BCUT2D eigenvalue weighted by Crippen LogP contribution is 2.32. The Labute approximate surface area is 190 Å². The minimum absolute atomic E-state index is 0.177. The van der Waals surface area contributed by atoms with Crippen molar-refractivity contribution in [2.75, 3.05) is 51.3 Å². The van der Waals surface area contributed by atoms with Crippen molar-refractivity contribution in [2.24, 2.45) is 0 Å². The quantitative estimate of drug-likeness (QED) is 0.467. The molecule has 0 aliphatic carbocycles. The number of fused-ring (bicyclic) bond motifs is 1. The molecule has 2 aliphatic heterocycles. The number of rotatable bonds is 8. The van der Waals surface area contributed by atoms with E-state index in [0.29, 0.717) is 36.6 Å². The predicted molar refractivity (Wildman–Crippen MR) is 126 cm³/mol. The number of methoxy groups -OCH3 is 1. The molecule has 6 nitrogen and oxygen atoms in total. The van der Waals surface area contributed by atoms with Gasteiger partial charge in [-0.05, 0) is 35.6 Å². The summed E-state index contributed by atoms with van der Waals surface area (Å²) in [5.74, 6) is 0.182. The molecule has 2 aliphatic rings. The third-order valence-corrected chi connectivity index (χ3v) is 6.47. The van der Waals surface area contributed by atoms with Crippen molar-refractivity contribution in [1.82, 2.24) is 9.80 Å². The summed E-state index contributed by atoms with van der Waals surface area (Å²) in [7, 11) is 1.63. The van der Waals surface area contributed by atoms with E-state index in [9.17, 15) is 9.59 Å². The molecule has 2 aromatic carbocycles. The maximum absolute atomic E-state index is 13.1. The number of carbonyl (C=O) groups is 2. The van der Waals surface area contributed by atoms with Gasteiger partial charge in [-0.25, -0.2) is 0 Å². The highest BCUT2D eigenvalue weighted by Gasteiger charge is 2.38. The highest BCUT2D eigenvalue weighted by molar-refractivity contribution is 6.23. The number of amides is 2. The molecular formula is C26H33N3O3. The Balaban J connectivity index is 1.41. The predicted octanol–water partition coefficient (Wildman–Crippen LogP) is 3.76. The highest BCUT2D eigenvalue weighted by atomic mass is 16.5. The van der Waals surface area contributed by atoms with Crippen molar-refractivity contribution < 1.29 is 14.3 Å². The molecular weight excluding hydrogens is 402 g/mol. The van der Waals surface area contributed by atoms with Crippen LogP contribution in [0.5, 0.6) is 0 Å².